The van der Waals surface area contributed by atoms with Crippen molar-refractivity contribution in [2.45, 2.75) is 57.4 Å². The van der Waals surface area contributed by atoms with Gasteiger partial charge in [0.1, 0.15) is 27.5 Å². The van der Waals surface area contributed by atoms with Crippen LogP contribution >= 0.6 is 15.9 Å². The van der Waals surface area contributed by atoms with Crippen LogP contribution in [0.1, 0.15) is 47.1 Å². The van der Waals surface area contributed by atoms with Crippen LogP contribution in [0.15, 0.2) is 32.0 Å². The lowest BCUT2D eigenvalue weighted by molar-refractivity contribution is 0.0560. The Morgan fingerprint density at radius 1 is 1.40 bits per heavy atom. The van der Waals surface area contributed by atoms with Gasteiger partial charge in [0.05, 0.1) is 28.6 Å². The van der Waals surface area contributed by atoms with Crippen LogP contribution in [0.2, 0.25) is 0 Å². The molecule has 30 heavy (non-hydrogen) atoms. The molecule has 1 aromatic rings. The van der Waals surface area contributed by atoms with E-state index in [1.165, 1.54) is 6.07 Å². The van der Waals surface area contributed by atoms with Gasteiger partial charge in [0.15, 0.2) is 0 Å². The molecule has 1 aliphatic heterocycles. The molecule has 0 bridgehead atoms. The van der Waals surface area contributed by atoms with Crippen molar-refractivity contribution in [3.8, 4) is 0 Å². The summed E-state index contributed by atoms with van der Waals surface area (Å²) in [6.45, 7) is 9.81. The summed E-state index contributed by atoms with van der Waals surface area (Å²) < 4.78 is 37.8. The Balaban J connectivity index is 2.67. The Morgan fingerprint density at radius 3 is 2.60 bits per heavy atom. The molecule has 0 aliphatic carbocycles. The second-order valence-corrected chi connectivity index (χ2v) is 12.6. The van der Waals surface area contributed by atoms with Crippen molar-refractivity contribution in [2.75, 3.05) is 18.9 Å². The van der Waals surface area contributed by atoms with Crippen LogP contribution in [0.4, 0.5) is 9.18 Å². The third-order valence-electron chi connectivity index (χ3n) is 4.73. The number of nitrogens with one attached hydrogen (secondary N) is 1. The van der Waals surface area contributed by atoms with Gasteiger partial charge in [-0.1, -0.05) is 15.9 Å². The number of rotatable bonds is 3. The van der Waals surface area contributed by atoms with E-state index in [-0.39, 0.29) is 30.3 Å². The van der Waals surface area contributed by atoms with Gasteiger partial charge >= 0.3 is 6.09 Å². The molecule has 1 heterocycles. The van der Waals surface area contributed by atoms with E-state index in [0.717, 1.165) is 0 Å². The highest BCUT2D eigenvalue weighted by Gasteiger charge is 2.49. The molecule has 0 fully saturated rings. The van der Waals surface area contributed by atoms with E-state index in [4.69, 9.17) is 4.74 Å². The summed E-state index contributed by atoms with van der Waals surface area (Å²) in [6.07, 6.45) is -0.753. The molecule has 1 aromatic carbocycles. The zero-order valence-electron chi connectivity index (χ0n) is 18.1. The Kier molecular flexibility index (Phi) is 7.05. The molecule has 2 N–H and O–H groups in total. The monoisotopic (exact) mass is 505 g/mol. The molecule has 1 amide bonds. The van der Waals surface area contributed by atoms with Crippen LogP contribution in [0.25, 0.3) is 0 Å². The number of alkyl carbamates (subject to hydrolysis) is 1. The number of hydrogen-bond acceptors (Lipinski definition) is 6. The molecule has 2 atom stereocenters. The summed E-state index contributed by atoms with van der Waals surface area (Å²) in [4.78, 5) is 17.1. The van der Waals surface area contributed by atoms with Gasteiger partial charge < -0.3 is 9.84 Å². The van der Waals surface area contributed by atoms with Crippen LogP contribution in [0.3, 0.4) is 0 Å². The number of benzene rings is 1. The topological polar surface area (TPSA) is 100 Å². The number of amidine groups is 1. The van der Waals surface area contributed by atoms with Gasteiger partial charge in [-0.25, -0.2) is 17.8 Å². The average Bonchev–Trinajstić information content (AvgIpc) is 2.58. The molecule has 168 valence electrons. The number of amides is 1. The summed E-state index contributed by atoms with van der Waals surface area (Å²) >= 11 is 3.34. The van der Waals surface area contributed by atoms with Gasteiger partial charge in [-0.15, -0.1) is 0 Å². The molecule has 0 unspecified atom stereocenters. The van der Waals surface area contributed by atoms with Crippen molar-refractivity contribution in [3.05, 3.63) is 34.1 Å². The minimum atomic E-state index is -3.07. The standard InChI is InChI=1S/C20H29BrFN3O4S/c1-18(2,3)29-17(27)24-16-19(4,5)30(28,23-9-10-26)12-20(6,25-16)14-11-13(21)7-8-15(14)22/h7-8,11,26H,9-10,12H2,1-6H3,(H,24,25,27)/t20-,30-/m0/s1. The lowest BCUT2D eigenvalue weighted by Crippen LogP contribution is -2.58. The number of ether oxygens (including phenoxy) is 1. The number of nitrogens with zero attached hydrogens (tertiary/aromatic N) is 2. The molecule has 1 aliphatic rings. The van der Waals surface area contributed by atoms with Crippen molar-refractivity contribution in [1.29, 1.82) is 0 Å². The first-order chi connectivity index (χ1) is 13.6. The first-order valence-corrected chi connectivity index (χ1v) is 12.0. The predicted molar refractivity (Wildman–Crippen MR) is 120 cm³/mol. The molecule has 0 spiro atoms. The van der Waals surface area contributed by atoms with Gasteiger partial charge in [-0.2, -0.15) is 0 Å². The number of aliphatic imine (C=N–C) groups is 1. The molecule has 0 saturated carbocycles. The minimum absolute atomic E-state index is 0.0426. The summed E-state index contributed by atoms with van der Waals surface area (Å²) in [7, 11) is -3.07. The van der Waals surface area contributed by atoms with Crippen LogP contribution in [-0.4, -0.2) is 50.5 Å². The van der Waals surface area contributed by atoms with Gasteiger partial charge in [0.25, 0.3) is 0 Å². The molecule has 0 saturated heterocycles. The summed E-state index contributed by atoms with van der Waals surface area (Å²) in [5.41, 5.74) is -1.78. The first-order valence-electron chi connectivity index (χ1n) is 9.50. The Bertz CT molecular complexity index is 981. The third-order valence-corrected chi connectivity index (χ3v) is 8.57. The van der Waals surface area contributed by atoms with Crippen LogP contribution in [0.5, 0.6) is 0 Å². The van der Waals surface area contributed by atoms with Gasteiger partial charge in [0.2, 0.25) is 0 Å². The summed E-state index contributed by atoms with van der Waals surface area (Å²) in [6, 6.07) is 4.44. The Morgan fingerprint density at radius 2 is 2.03 bits per heavy atom. The Labute approximate surface area is 185 Å². The highest BCUT2D eigenvalue weighted by Crippen LogP contribution is 2.40. The van der Waals surface area contributed by atoms with Gasteiger partial charge in [-0.05, 0) is 59.7 Å². The number of carbonyl (C=O) groups is 1. The maximum atomic E-state index is 14.7. The van der Waals surface area contributed by atoms with E-state index in [2.05, 4.69) is 30.6 Å². The lowest BCUT2D eigenvalue weighted by atomic mass is 9.93. The minimum Gasteiger partial charge on any atom is -0.444 e. The lowest BCUT2D eigenvalue weighted by Gasteiger charge is -2.42. The maximum absolute atomic E-state index is 14.7. The molecule has 0 radical (unpaired) electrons. The first kappa shape index (κ1) is 24.7. The van der Waals surface area contributed by atoms with Crippen LogP contribution in [-0.2, 0) is 20.0 Å². The number of carbonyl (C=O) groups excluding carboxylic acids is 1. The van der Waals surface area contributed by atoms with E-state index in [0.29, 0.717) is 4.47 Å². The fraction of sp³-hybridized carbons (Fsp3) is 0.600. The quantitative estimate of drug-likeness (QED) is 0.648. The summed E-state index contributed by atoms with van der Waals surface area (Å²) in [5, 5.41) is 11.9. The second kappa shape index (κ2) is 8.55. The normalized spacial score (nSPS) is 26.0. The second-order valence-electron chi connectivity index (χ2n) is 8.86. The highest BCUT2D eigenvalue weighted by atomic mass is 79.9. The zero-order chi connectivity index (χ0) is 23.0. The molecule has 0 aromatic heterocycles. The molecule has 10 heteroatoms. The average molecular weight is 506 g/mol. The molecular formula is C20H29BrFN3O4S. The van der Waals surface area contributed by atoms with Gasteiger partial charge in [0, 0.05) is 10.0 Å². The smallest absolute Gasteiger partial charge is 0.413 e. The van der Waals surface area contributed by atoms with Crippen molar-refractivity contribution in [1.82, 2.24) is 5.32 Å². The fourth-order valence-corrected chi connectivity index (χ4v) is 6.04. The number of halogens is 2. The summed E-state index contributed by atoms with van der Waals surface area (Å²) in [5.74, 6) is -0.485. The van der Waals surface area contributed by atoms with E-state index in [1.807, 2.05) is 0 Å². The van der Waals surface area contributed by atoms with Crippen molar-refractivity contribution >= 4 is 37.6 Å². The van der Waals surface area contributed by atoms with Crippen molar-refractivity contribution in [2.24, 2.45) is 9.36 Å². The highest BCUT2D eigenvalue weighted by molar-refractivity contribution is 9.10. The number of aliphatic hydroxyl groups is 1. The zero-order valence-corrected chi connectivity index (χ0v) is 20.5. The van der Waals surface area contributed by atoms with E-state index < -0.39 is 37.5 Å². The number of hydrogen-bond donors (Lipinski definition) is 2. The Hall–Kier alpha value is -1.52. The van der Waals surface area contributed by atoms with E-state index in [9.17, 15) is 18.5 Å². The van der Waals surface area contributed by atoms with Gasteiger partial charge in [-0.3, -0.25) is 10.3 Å². The number of aliphatic hydroxyl groups excluding tert-OH is 1. The van der Waals surface area contributed by atoms with E-state index in [1.54, 1.807) is 53.7 Å². The third kappa shape index (κ3) is 5.20. The van der Waals surface area contributed by atoms with Crippen molar-refractivity contribution < 1.29 is 23.2 Å². The largest absolute Gasteiger partial charge is 0.444 e. The predicted octanol–water partition coefficient (Wildman–Crippen LogP) is 3.98. The molecule has 2 rings (SSSR count). The molecular weight excluding hydrogens is 477 g/mol. The van der Waals surface area contributed by atoms with Crippen LogP contribution in [0, 0.1) is 5.82 Å². The SMILES string of the molecule is CC(C)(C)OC(=O)NC1=N[C@](C)(c2cc(Br)ccc2F)C[S@@](=O)(=NCCO)C1(C)C. The fourth-order valence-electron chi connectivity index (χ4n) is 3.15. The van der Waals surface area contributed by atoms with E-state index >= 15 is 0 Å². The maximum Gasteiger partial charge on any atom is 0.413 e. The van der Waals surface area contributed by atoms with Crippen molar-refractivity contribution in [3.63, 3.8) is 0 Å². The molecule has 7 nitrogen and oxygen atoms in total. The van der Waals surface area contributed by atoms with Crippen LogP contribution < -0.4 is 5.32 Å².